The molecule has 0 aliphatic carbocycles. The van der Waals surface area contributed by atoms with Gasteiger partial charge in [-0.1, -0.05) is 56.2 Å². The normalized spacial score (nSPS) is 11.7. The van der Waals surface area contributed by atoms with E-state index in [2.05, 4.69) is 49.3 Å². The van der Waals surface area contributed by atoms with Gasteiger partial charge in [-0.3, -0.25) is 4.90 Å². The maximum Gasteiger partial charge on any atom is 0.0166 e. The van der Waals surface area contributed by atoms with Crippen molar-refractivity contribution in [3.8, 4) is 0 Å². The van der Waals surface area contributed by atoms with Crippen molar-refractivity contribution in [3.63, 3.8) is 0 Å². The Balaban J connectivity index is 3.96. The maximum absolute atomic E-state index is 3.76. The molecule has 0 aromatic carbocycles. The first-order chi connectivity index (χ1) is 10.8. The molecule has 0 aliphatic heterocycles. The third-order valence-corrected chi connectivity index (χ3v) is 3.70. The lowest BCUT2D eigenvalue weighted by Gasteiger charge is -2.18. The highest BCUT2D eigenvalue weighted by Gasteiger charge is 1.99. The van der Waals surface area contributed by atoms with Crippen molar-refractivity contribution in [3.05, 3.63) is 49.6 Å². The van der Waals surface area contributed by atoms with Crippen LogP contribution in [0.5, 0.6) is 0 Å². The van der Waals surface area contributed by atoms with Crippen molar-refractivity contribution in [1.29, 1.82) is 0 Å². The molecule has 1 heteroatoms. The number of rotatable bonds is 16. The second kappa shape index (κ2) is 18.0. The fourth-order valence-electron chi connectivity index (χ4n) is 2.29. The molecule has 0 radical (unpaired) electrons. The first-order valence-corrected chi connectivity index (χ1v) is 9.09. The van der Waals surface area contributed by atoms with Crippen molar-refractivity contribution >= 4 is 0 Å². The average molecular weight is 304 g/mol. The van der Waals surface area contributed by atoms with Crippen LogP contribution in [-0.2, 0) is 0 Å². The summed E-state index contributed by atoms with van der Waals surface area (Å²) in [6, 6.07) is 0. The highest BCUT2D eigenvalue weighted by Crippen LogP contribution is 2.02. The number of allylic oxidation sites excluding steroid dienone is 4. The molecule has 0 heterocycles. The van der Waals surface area contributed by atoms with Gasteiger partial charge in [-0.05, 0) is 51.5 Å². The molecule has 0 bridgehead atoms. The number of nitrogens with zero attached hydrogens (tertiary/aromatic N) is 1. The summed E-state index contributed by atoms with van der Waals surface area (Å²) in [7, 11) is 0. The number of hydrogen-bond acceptors (Lipinski definition) is 1. The molecule has 0 atom stereocenters. The fraction of sp³-hybridized carbons (Fsp3) is 0.619. The van der Waals surface area contributed by atoms with E-state index in [1.54, 1.807) is 0 Å². The monoisotopic (exact) mass is 303 g/mol. The Morgan fingerprint density at radius 3 is 1.68 bits per heavy atom. The van der Waals surface area contributed by atoms with Gasteiger partial charge in [0.25, 0.3) is 0 Å². The lowest BCUT2D eigenvalue weighted by atomic mass is 10.2. The maximum atomic E-state index is 3.76. The van der Waals surface area contributed by atoms with Crippen LogP contribution in [0.4, 0.5) is 0 Å². The summed E-state index contributed by atoms with van der Waals surface area (Å²) >= 11 is 0. The van der Waals surface area contributed by atoms with Gasteiger partial charge in [0.15, 0.2) is 0 Å². The molecule has 1 nitrogen and oxygen atoms in total. The van der Waals surface area contributed by atoms with Gasteiger partial charge in [0, 0.05) is 13.1 Å². The highest BCUT2D eigenvalue weighted by atomic mass is 15.1. The Labute approximate surface area is 139 Å². The smallest absolute Gasteiger partial charge is 0.0166 e. The quantitative estimate of drug-likeness (QED) is 0.239. The molecule has 22 heavy (non-hydrogen) atoms. The molecule has 0 amide bonds. The molecular weight excluding hydrogens is 266 g/mol. The van der Waals surface area contributed by atoms with E-state index >= 15 is 0 Å². The Kier molecular flexibility index (Phi) is 17.1. The molecule has 0 aromatic heterocycles. The van der Waals surface area contributed by atoms with E-state index in [4.69, 9.17) is 0 Å². The fourth-order valence-corrected chi connectivity index (χ4v) is 2.29. The Hall–Kier alpha value is -1.08. The highest BCUT2D eigenvalue weighted by molar-refractivity contribution is 4.90. The van der Waals surface area contributed by atoms with Gasteiger partial charge in [-0.15, -0.1) is 13.2 Å². The zero-order valence-corrected chi connectivity index (χ0v) is 14.8. The van der Waals surface area contributed by atoms with Crippen LogP contribution < -0.4 is 0 Å². The second-order valence-corrected chi connectivity index (χ2v) is 5.85. The predicted molar refractivity (Wildman–Crippen MR) is 102 cm³/mol. The third-order valence-electron chi connectivity index (χ3n) is 3.70. The van der Waals surface area contributed by atoms with E-state index in [0.717, 1.165) is 25.9 Å². The number of hydrogen-bond donors (Lipinski definition) is 0. The summed E-state index contributed by atoms with van der Waals surface area (Å²) < 4.78 is 0. The van der Waals surface area contributed by atoms with E-state index in [1.807, 2.05) is 12.2 Å². The zero-order chi connectivity index (χ0) is 16.3. The SMILES string of the molecule is C=CCCCC=CCN(CC=CCCCC=C)CCCCC. The van der Waals surface area contributed by atoms with E-state index in [-0.39, 0.29) is 0 Å². The summed E-state index contributed by atoms with van der Waals surface area (Å²) in [5.74, 6) is 0. The minimum atomic E-state index is 1.08. The van der Waals surface area contributed by atoms with Gasteiger partial charge in [0.1, 0.15) is 0 Å². The number of unbranched alkanes of at least 4 members (excludes halogenated alkanes) is 6. The topological polar surface area (TPSA) is 3.24 Å². The second-order valence-electron chi connectivity index (χ2n) is 5.85. The lowest BCUT2D eigenvalue weighted by Crippen LogP contribution is -2.25. The molecule has 0 unspecified atom stereocenters. The molecule has 0 saturated carbocycles. The van der Waals surface area contributed by atoms with Crippen LogP contribution in [0.15, 0.2) is 49.6 Å². The largest absolute Gasteiger partial charge is 0.296 e. The van der Waals surface area contributed by atoms with Crippen LogP contribution in [0.1, 0.15) is 64.7 Å². The van der Waals surface area contributed by atoms with Crippen molar-refractivity contribution in [1.82, 2.24) is 4.90 Å². The van der Waals surface area contributed by atoms with Gasteiger partial charge in [0.2, 0.25) is 0 Å². The van der Waals surface area contributed by atoms with Crippen LogP contribution in [0, 0.1) is 0 Å². The molecular formula is C21H37N. The lowest BCUT2D eigenvalue weighted by molar-refractivity contribution is 0.325. The zero-order valence-electron chi connectivity index (χ0n) is 14.8. The van der Waals surface area contributed by atoms with E-state index in [0.29, 0.717) is 0 Å². The Morgan fingerprint density at radius 2 is 1.23 bits per heavy atom. The first kappa shape index (κ1) is 20.9. The van der Waals surface area contributed by atoms with Crippen molar-refractivity contribution in [2.45, 2.75) is 64.7 Å². The van der Waals surface area contributed by atoms with Gasteiger partial charge >= 0.3 is 0 Å². The van der Waals surface area contributed by atoms with Crippen molar-refractivity contribution in [2.75, 3.05) is 19.6 Å². The van der Waals surface area contributed by atoms with Crippen LogP contribution in [-0.4, -0.2) is 24.5 Å². The third kappa shape index (κ3) is 15.3. The average Bonchev–Trinajstić information content (AvgIpc) is 2.53. The minimum Gasteiger partial charge on any atom is -0.296 e. The van der Waals surface area contributed by atoms with Crippen molar-refractivity contribution in [2.24, 2.45) is 0 Å². The van der Waals surface area contributed by atoms with Crippen LogP contribution in [0.2, 0.25) is 0 Å². The molecule has 0 N–H and O–H groups in total. The standard InChI is InChI=1S/C21H37N/c1-4-7-10-12-14-17-20-22(19-16-9-6-3)21-18-15-13-11-8-5-2/h4-5,14-15,17-18H,1-2,6-13,16,19-21H2,3H3. The molecule has 0 spiro atoms. The summed E-state index contributed by atoms with van der Waals surface area (Å²) in [5, 5.41) is 0. The summed E-state index contributed by atoms with van der Waals surface area (Å²) in [6.45, 7) is 13.2. The van der Waals surface area contributed by atoms with E-state index in [9.17, 15) is 0 Å². The summed E-state index contributed by atoms with van der Waals surface area (Å²) in [6.07, 6.45) is 24.3. The van der Waals surface area contributed by atoms with Crippen LogP contribution >= 0.6 is 0 Å². The summed E-state index contributed by atoms with van der Waals surface area (Å²) in [4.78, 5) is 2.55. The Morgan fingerprint density at radius 1 is 0.682 bits per heavy atom. The van der Waals surface area contributed by atoms with Gasteiger partial charge in [0.05, 0.1) is 0 Å². The van der Waals surface area contributed by atoms with Gasteiger partial charge < -0.3 is 0 Å². The molecule has 0 rings (SSSR count). The van der Waals surface area contributed by atoms with Crippen LogP contribution in [0.3, 0.4) is 0 Å². The minimum absolute atomic E-state index is 1.08. The van der Waals surface area contributed by atoms with Crippen LogP contribution in [0.25, 0.3) is 0 Å². The van der Waals surface area contributed by atoms with E-state index < -0.39 is 0 Å². The van der Waals surface area contributed by atoms with E-state index in [1.165, 1.54) is 51.5 Å². The molecule has 0 aliphatic rings. The van der Waals surface area contributed by atoms with Crippen molar-refractivity contribution < 1.29 is 0 Å². The first-order valence-electron chi connectivity index (χ1n) is 9.09. The van der Waals surface area contributed by atoms with Gasteiger partial charge in [-0.2, -0.15) is 0 Å². The Bertz CT molecular complexity index is 275. The molecule has 0 aromatic rings. The molecule has 0 saturated heterocycles. The predicted octanol–water partition coefficient (Wildman–Crippen LogP) is 6.30. The molecule has 0 fully saturated rings. The van der Waals surface area contributed by atoms with Gasteiger partial charge in [-0.25, -0.2) is 0 Å². The summed E-state index contributed by atoms with van der Waals surface area (Å²) in [5.41, 5.74) is 0. The molecule has 126 valence electrons.